The van der Waals surface area contributed by atoms with Gasteiger partial charge in [0.15, 0.2) is 18.9 Å². The number of hydrogen-bond donors (Lipinski definition) is 2. The fourth-order valence-electron chi connectivity index (χ4n) is 10.1. The van der Waals surface area contributed by atoms with Crippen LogP contribution in [0.2, 0.25) is 0 Å². The van der Waals surface area contributed by atoms with Gasteiger partial charge in [0.25, 0.3) is 0 Å². The Labute approximate surface area is 394 Å². The highest BCUT2D eigenvalue weighted by Gasteiger charge is 2.44. The Kier molecular flexibility index (Phi) is 23.6. The first-order valence-electron chi connectivity index (χ1n) is 26.5. The first kappa shape index (κ1) is 53.4. The molecule has 9 nitrogen and oxygen atoms in total. The molecule has 0 spiro atoms. The molecule has 8 unspecified atom stereocenters. The Morgan fingerprint density at radius 3 is 1.88 bits per heavy atom. The number of rotatable bonds is 29. The van der Waals surface area contributed by atoms with Gasteiger partial charge in [-0.2, -0.15) is 0 Å². The largest absolute Gasteiger partial charge is 0.494 e. The number of aliphatic hydroxyl groups is 2. The molecule has 8 atom stereocenters. The summed E-state index contributed by atoms with van der Waals surface area (Å²) in [5, 5.41) is 19.6. The molecule has 3 aliphatic rings. The van der Waals surface area contributed by atoms with Crippen molar-refractivity contribution in [2.75, 3.05) is 6.61 Å². The van der Waals surface area contributed by atoms with E-state index in [9.17, 15) is 15.0 Å². The maximum absolute atomic E-state index is 12.6. The lowest BCUT2D eigenvalue weighted by atomic mass is 9.70. The molecular weight excluding hydrogens is 817 g/mol. The van der Waals surface area contributed by atoms with Crippen LogP contribution in [0.15, 0.2) is 48.5 Å². The van der Waals surface area contributed by atoms with Gasteiger partial charge in [-0.15, -0.1) is 0 Å². The zero-order valence-electron chi connectivity index (χ0n) is 41.5. The quantitative estimate of drug-likeness (QED) is 0.0468. The highest BCUT2D eigenvalue weighted by molar-refractivity contribution is 5.90. The fourth-order valence-corrected chi connectivity index (χ4v) is 10.1. The third kappa shape index (κ3) is 18.5. The molecule has 5 rings (SSSR count). The average Bonchev–Trinajstić information content (AvgIpc) is 3.30. The van der Waals surface area contributed by atoms with E-state index in [1.54, 1.807) is 0 Å². The Bertz CT molecular complexity index is 1570. The van der Waals surface area contributed by atoms with Crippen molar-refractivity contribution in [1.29, 1.82) is 0 Å². The van der Waals surface area contributed by atoms with Gasteiger partial charge in [0, 0.05) is 19.3 Å². The Morgan fingerprint density at radius 1 is 0.692 bits per heavy atom. The highest BCUT2D eigenvalue weighted by atomic mass is 16.7. The number of esters is 1. The zero-order chi connectivity index (χ0) is 46.4. The van der Waals surface area contributed by atoms with E-state index >= 15 is 0 Å². The molecule has 2 saturated heterocycles. The van der Waals surface area contributed by atoms with Crippen LogP contribution in [0.5, 0.6) is 5.75 Å². The molecule has 0 aromatic heterocycles. The monoisotopic (exact) mass is 907 g/mol. The van der Waals surface area contributed by atoms with Gasteiger partial charge in [-0.3, -0.25) is 0 Å². The Hall–Kier alpha value is -2.53. The standard InChI is InChI=1S/C56H90O9/c1-7-9-10-15-21-27-54-61-46(8-2)40-51(65-54)56(5,6)42(4)38-49-39-50(41(3)37-52(57)58)64-53(62-49)26-22-16-13-11-12-14-17-23-36-60-47-34-32-44(33-35-47)43-28-30-45(31-29-43)55(59)63-48-24-19-18-20-25-48/h28-35,41-42,46,48-54,57-58H,7-27,36-40H2,1-6H3. The van der Waals surface area contributed by atoms with Crippen molar-refractivity contribution < 1.29 is 43.4 Å². The fraction of sp³-hybridized carbons (Fsp3) is 0.768. The number of aliphatic hydroxyl groups excluding tert-OH is 1. The molecule has 9 heteroatoms. The van der Waals surface area contributed by atoms with Crippen molar-refractivity contribution in [1.82, 2.24) is 0 Å². The normalized spacial score (nSPS) is 24.2. The topological polar surface area (TPSA) is 113 Å². The van der Waals surface area contributed by atoms with E-state index in [-0.39, 0.29) is 60.4 Å². The predicted octanol–water partition coefficient (Wildman–Crippen LogP) is 13.9. The molecule has 65 heavy (non-hydrogen) atoms. The SMILES string of the molecule is CCCCCCCC1OC(CC)CC(C(C)(C)C(C)CC2CC(C(C)CC(O)O)OC(CCCCCCCCCCOc3ccc(-c4ccc(C(=O)OC5CCCCC5)cc4)cc3)O2)O1. The first-order chi connectivity index (χ1) is 31.4. The summed E-state index contributed by atoms with van der Waals surface area (Å²) >= 11 is 0. The van der Waals surface area contributed by atoms with E-state index in [0.29, 0.717) is 17.9 Å². The van der Waals surface area contributed by atoms with Crippen molar-refractivity contribution in [3.8, 4) is 16.9 Å². The molecular formula is C56H90O9. The number of carbonyl (C=O) groups excluding carboxylic acids is 1. The van der Waals surface area contributed by atoms with Crippen molar-refractivity contribution in [3.05, 3.63) is 54.1 Å². The van der Waals surface area contributed by atoms with Crippen LogP contribution in [0.25, 0.3) is 11.1 Å². The van der Waals surface area contributed by atoms with E-state index < -0.39 is 6.29 Å². The van der Waals surface area contributed by atoms with Crippen LogP contribution in [-0.2, 0) is 23.7 Å². The number of unbranched alkanes of at least 4 members (excludes halogenated alkanes) is 11. The molecule has 2 aromatic carbocycles. The van der Waals surface area contributed by atoms with Gasteiger partial charge in [-0.05, 0) is 123 Å². The van der Waals surface area contributed by atoms with Crippen LogP contribution >= 0.6 is 0 Å². The number of carbonyl (C=O) groups is 1. The lowest BCUT2D eigenvalue weighted by molar-refractivity contribution is -0.277. The first-order valence-corrected chi connectivity index (χ1v) is 26.5. The van der Waals surface area contributed by atoms with Crippen LogP contribution in [0, 0.1) is 17.3 Å². The second-order valence-electron chi connectivity index (χ2n) is 20.6. The molecule has 0 bridgehead atoms. The van der Waals surface area contributed by atoms with Gasteiger partial charge in [-0.1, -0.05) is 136 Å². The molecule has 0 amide bonds. The van der Waals surface area contributed by atoms with Crippen LogP contribution in [-0.4, -0.2) is 72.2 Å². The second kappa shape index (κ2) is 28.7. The zero-order valence-corrected chi connectivity index (χ0v) is 41.5. The van der Waals surface area contributed by atoms with Crippen LogP contribution in [0.4, 0.5) is 0 Å². The van der Waals surface area contributed by atoms with Crippen molar-refractivity contribution in [2.24, 2.45) is 17.3 Å². The third-order valence-corrected chi connectivity index (χ3v) is 15.0. The molecule has 2 aliphatic heterocycles. The highest BCUT2D eigenvalue weighted by Crippen LogP contribution is 2.43. The van der Waals surface area contributed by atoms with E-state index in [1.165, 1.54) is 57.8 Å². The van der Waals surface area contributed by atoms with Gasteiger partial charge in [0.05, 0.1) is 36.6 Å². The van der Waals surface area contributed by atoms with Gasteiger partial charge >= 0.3 is 5.97 Å². The molecule has 2 heterocycles. The van der Waals surface area contributed by atoms with E-state index in [0.717, 1.165) is 120 Å². The summed E-state index contributed by atoms with van der Waals surface area (Å²) in [6.45, 7) is 14.4. The van der Waals surface area contributed by atoms with Crippen LogP contribution in [0.1, 0.15) is 212 Å². The van der Waals surface area contributed by atoms with Crippen molar-refractivity contribution >= 4 is 5.97 Å². The Balaban J connectivity index is 0.961. The lowest BCUT2D eigenvalue weighted by Gasteiger charge is -2.47. The maximum atomic E-state index is 12.6. The molecule has 3 fully saturated rings. The van der Waals surface area contributed by atoms with E-state index in [2.05, 4.69) is 53.7 Å². The van der Waals surface area contributed by atoms with Crippen molar-refractivity contribution in [2.45, 2.75) is 251 Å². The van der Waals surface area contributed by atoms with Gasteiger partial charge in [-0.25, -0.2) is 4.79 Å². The minimum atomic E-state index is -1.34. The third-order valence-electron chi connectivity index (χ3n) is 15.0. The molecule has 368 valence electrons. The summed E-state index contributed by atoms with van der Waals surface area (Å²) in [7, 11) is 0. The summed E-state index contributed by atoms with van der Waals surface area (Å²) in [4.78, 5) is 12.6. The number of ether oxygens (including phenoxy) is 6. The van der Waals surface area contributed by atoms with Gasteiger partial charge < -0.3 is 38.6 Å². The smallest absolute Gasteiger partial charge is 0.338 e. The van der Waals surface area contributed by atoms with Crippen molar-refractivity contribution in [3.63, 3.8) is 0 Å². The minimum absolute atomic E-state index is 0.0281. The minimum Gasteiger partial charge on any atom is -0.494 e. The molecule has 2 aromatic rings. The summed E-state index contributed by atoms with van der Waals surface area (Å²) in [5.41, 5.74) is 2.72. The summed E-state index contributed by atoms with van der Waals surface area (Å²) < 4.78 is 38.2. The Morgan fingerprint density at radius 2 is 1.26 bits per heavy atom. The summed E-state index contributed by atoms with van der Waals surface area (Å²) in [6, 6.07) is 15.9. The van der Waals surface area contributed by atoms with Gasteiger partial charge in [0.2, 0.25) is 0 Å². The number of hydrogen-bond acceptors (Lipinski definition) is 9. The van der Waals surface area contributed by atoms with Crippen LogP contribution in [0.3, 0.4) is 0 Å². The second-order valence-corrected chi connectivity index (χ2v) is 20.6. The van der Waals surface area contributed by atoms with E-state index in [1.807, 2.05) is 36.4 Å². The molecule has 0 radical (unpaired) electrons. The summed E-state index contributed by atoms with van der Waals surface area (Å²) in [5.74, 6) is 1.05. The average molecular weight is 907 g/mol. The van der Waals surface area contributed by atoms with Crippen LogP contribution < -0.4 is 4.74 Å². The number of benzene rings is 2. The lowest BCUT2D eigenvalue weighted by Crippen LogP contribution is -2.49. The molecule has 2 N–H and O–H groups in total. The van der Waals surface area contributed by atoms with Gasteiger partial charge in [0.1, 0.15) is 11.9 Å². The molecule has 1 saturated carbocycles. The summed E-state index contributed by atoms with van der Waals surface area (Å²) in [6.07, 6.45) is 25.5. The van der Waals surface area contributed by atoms with E-state index in [4.69, 9.17) is 28.4 Å². The molecule has 1 aliphatic carbocycles. The maximum Gasteiger partial charge on any atom is 0.338 e. The predicted molar refractivity (Wildman–Crippen MR) is 261 cm³/mol.